The first kappa shape index (κ1) is 11.5. The zero-order valence-corrected chi connectivity index (χ0v) is 10.0. The maximum absolute atomic E-state index is 9.96. The molecule has 1 fully saturated rings. The molecule has 1 N–H and O–H groups in total. The number of benzene rings is 1. The van der Waals surface area contributed by atoms with Crippen molar-refractivity contribution < 1.29 is 9.84 Å². The highest BCUT2D eigenvalue weighted by Crippen LogP contribution is 2.37. The summed E-state index contributed by atoms with van der Waals surface area (Å²) < 4.78 is 5.56. The molecule has 2 nitrogen and oxygen atoms in total. The van der Waals surface area contributed by atoms with Crippen molar-refractivity contribution in [3.63, 3.8) is 0 Å². The van der Waals surface area contributed by atoms with Crippen LogP contribution in [0.2, 0.25) is 0 Å². The van der Waals surface area contributed by atoms with E-state index in [4.69, 9.17) is 4.74 Å². The third kappa shape index (κ3) is 3.24. The first-order chi connectivity index (χ1) is 7.65. The molecule has 88 valence electrons. The number of hydrogen-bond donors (Lipinski definition) is 1. The molecule has 1 aromatic rings. The molecule has 1 saturated carbocycles. The second-order valence-corrected chi connectivity index (χ2v) is 4.93. The molecule has 0 aliphatic heterocycles. The third-order valence-corrected chi connectivity index (χ3v) is 2.89. The Hall–Kier alpha value is -1.02. The monoisotopic (exact) mass is 220 g/mol. The van der Waals surface area contributed by atoms with Crippen LogP contribution in [-0.2, 0) is 0 Å². The van der Waals surface area contributed by atoms with Gasteiger partial charge < -0.3 is 9.84 Å². The number of aliphatic hydroxyl groups is 1. The molecule has 2 rings (SSSR count). The van der Waals surface area contributed by atoms with Gasteiger partial charge in [-0.15, -0.1) is 0 Å². The Morgan fingerprint density at radius 3 is 2.38 bits per heavy atom. The van der Waals surface area contributed by atoms with Crippen LogP contribution in [0.4, 0.5) is 0 Å². The zero-order valence-electron chi connectivity index (χ0n) is 10.0. The predicted octanol–water partition coefficient (Wildman–Crippen LogP) is 3.31. The predicted molar refractivity (Wildman–Crippen MR) is 64.5 cm³/mol. The Balaban J connectivity index is 1.94. The minimum absolute atomic E-state index is 0.197. The quantitative estimate of drug-likeness (QED) is 0.825. The third-order valence-electron chi connectivity index (χ3n) is 2.89. The van der Waals surface area contributed by atoms with Crippen LogP contribution < -0.4 is 4.74 Å². The van der Waals surface area contributed by atoms with Gasteiger partial charge in [-0.1, -0.05) is 25.0 Å². The van der Waals surface area contributed by atoms with Crippen molar-refractivity contribution >= 4 is 0 Å². The summed E-state index contributed by atoms with van der Waals surface area (Å²) in [5, 5.41) is 9.96. The molecule has 0 saturated heterocycles. The lowest BCUT2D eigenvalue weighted by atomic mass is 10.0. The number of hydrogen-bond acceptors (Lipinski definition) is 2. The van der Waals surface area contributed by atoms with E-state index in [1.807, 2.05) is 38.1 Å². The standard InChI is InChI=1S/C14H20O2/c1-10(2)16-13-7-5-12(6-8-13)14(15)9-11-3-4-11/h5-8,10-11,14-15H,3-4,9H2,1-2H3. The van der Waals surface area contributed by atoms with Crippen LogP contribution in [0.3, 0.4) is 0 Å². The van der Waals surface area contributed by atoms with Gasteiger partial charge in [-0.2, -0.15) is 0 Å². The van der Waals surface area contributed by atoms with Gasteiger partial charge in [0.25, 0.3) is 0 Å². The fourth-order valence-corrected chi connectivity index (χ4v) is 1.85. The maximum Gasteiger partial charge on any atom is 0.119 e. The van der Waals surface area contributed by atoms with Crippen molar-refractivity contribution in [3.05, 3.63) is 29.8 Å². The summed E-state index contributed by atoms with van der Waals surface area (Å²) in [6, 6.07) is 7.80. The molecule has 2 heteroatoms. The van der Waals surface area contributed by atoms with Crippen LogP contribution in [0.5, 0.6) is 5.75 Å². The zero-order chi connectivity index (χ0) is 11.5. The van der Waals surface area contributed by atoms with Crippen LogP contribution in [0.15, 0.2) is 24.3 Å². The summed E-state index contributed by atoms with van der Waals surface area (Å²) >= 11 is 0. The number of rotatable bonds is 5. The molecule has 1 aliphatic carbocycles. The Bertz CT molecular complexity index is 325. The lowest BCUT2D eigenvalue weighted by molar-refractivity contribution is 0.160. The summed E-state index contributed by atoms with van der Waals surface area (Å²) in [7, 11) is 0. The summed E-state index contributed by atoms with van der Waals surface area (Å²) in [6.07, 6.45) is 3.37. The van der Waals surface area contributed by atoms with Crippen molar-refractivity contribution in [2.75, 3.05) is 0 Å². The van der Waals surface area contributed by atoms with Crippen molar-refractivity contribution in [2.45, 2.75) is 45.3 Å². The van der Waals surface area contributed by atoms with Crippen molar-refractivity contribution in [3.8, 4) is 5.75 Å². The van der Waals surface area contributed by atoms with E-state index in [0.29, 0.717) is 0 Å². The second-order valence-electron chi connectivity index (χ2n) is 4.93. The second kappa shape index (κ2) is 4.88. The average molecular weight is 220 g/mol. The topological polar surface area (TPSA) is 29.5 Å². The van der Waals surface area contributed by atoms with Gasteiger partial charge in [0, 0.05) is 0 Å². The Labute approximate surface area is 97.3 Å². The largest absolute Gasteiger partial charge is 0.491 e. The highest BCUT2D eigenvalue weighted by atomic mass is 16.5. The van der Waals surface area contributed by atoms with Crippen LogP contribution >= 0.6 is 0 Å². The Morgan fingerprint density at radius 2 is 1.88 bits per heavy atom. The van der Waals surface area contributed by atoms with Crippen molar-refractivity contribution in [2.24, 2.45) is 5.92 Å². The van der Waals surface area contributed by atoms with Crippen molar-refractivity contribution in [1.82, 2.24) is 0 Å². The van der Waals surface area contributed by atoms with Gasteiger partial charge in [0.15, 0.2) is 0 Å². The first-order valence-corrected chi connectivity index (χ1v) is 6.10. The molecule has 16 heavy (non-hydrogen) atoms. The van der Waals surface area contributed by atoms with Gasteiger partial charge in [0.1, 0.15) is 5.75 Å². The highest BCUT2D eigenvalue weighted by Gasteiger charge is 2.25. The summed E-state index contributed by atoms with van der Waals surface area (Å²) in [5.74, 6) is 1.62. The maximum atomic E-state index is 9.96. The summed E-state index contributed by atoms with van der Waals surface area (Å²) in [5.41, 5.74) is 1.00. The number of ether oxygens (including phenoxy) is 1. The minimum Gasteiger partial charge on any atom is -0.491 e. The van der Waals surface area contributed by atoms with Gasteiger partial charge in [-0.25, -0.2) is 0 Å². The molecule has 1 atom stereocenters. The highest BCUT2D eigenvalue weighted by molar-refractivity contribution is 5.28. The number of aliphatic hydroxyl groups excluding tert-OH is 1. The van der Waals surface area contributed by atoms with E-state index >= 15 is 0 Å². The normalized spacial score (nSPS) is 17.5. The van der Waals surface area contributed by atoms with Crippen LogP contribution in [0.25, 0.3) is 0 Å². The van der Waals surface area contributed by atoms with E-state index in [0.717, 1.165) is 23.7 Å². The molecule has 0 amide bonds. The SMILES string of the molecule is CC(C)Oc1ccc(C(O)CC2CC2)cc1. The molecular formula is C14H20O2. The van der Waals surface area contributed by atoms with Gasteiger partial charge in [-0.05, 0) is 43.9 Å². The Morgan fingerprint density at radius 1 is 1.25 bits per heavy atom. The van der Waals surface area contributed by atoms with Crippen molar-refractivity contribution in [1.29, 1.82) is 0 Å². The van der Waals surface area contributed by atoms with Crippen LogP contribution in [0, 0.1) is 5.92 Å². The molecule has 0 radical (unpaired) electrons. The average Bonchev–Trinajstić information content (AvgIpc) is 3.01. The van der Waals surface area contributed by atoms with E-state index in [9.17, 15) is 5.11 Å². The molecule has 1 aliphatic rings. The molecule has 1 aromatic carbocycles. The van der Waals surface area contributed by atoms with Gasteiger partial charge in [-0.3, -0.25) is 0 Å². The summed E-state index contributed by atoms with van der Waals surface area (Å²) in [4.78, 5) is 0. The molecule has 0 aromatic heterocycles. The minimum atomic E-state index is -0.305. The lowest BCUT2D eigenvalue weighted by Crippen LogP contribution is -2.05. The fraction of sp³-hybridized carbons (Fsp3) is 0.571. The molecular weight excluding hydrogens is 200 g/mol. The molecule has 0 heterocycles. The van der Waals surface area contributed by atoms with E-state index in [-0.39, 0.29) is 12.2 Å². The molecule has 0 bridgehead atoms. The van der Waals surface area contributed by atoms with Gasteiger partial charge in [0.05, 0.1) is 12.2 Å². The first-order valence-electron chi connectivity index (χ1n) is 6.10. The Kier molecular flexibility index (Phi) is 3.49. The summed E-state index contributed by atoms with van der Waals surface area (Å²) in [6.45, 7) is 4.02. The van der Waals surface area contributed by atoms with E-state index < -0.39 is 0 Å². The van der Waals surface area contributed by atoms with Gasteiger partial charge in [0.2, 0.25) is 0 Å². The fourth-order valence-electron chi connectivity index (χ4n) is 1.85. The van der Waals surface area contributed by atoms with Crippen LogP contribution in [0.1, 0.15) is 44.8 Å². The smallest absolute Gasteiger partial charge is 0.119 e. The molecule has 1 unspecified atom stereocenters. The molecule has 0 spiro atoms. The van der Waals surface area contributed by atoms with E-state index in [1.54, 1.807) is 0 Å². The lowest BCUT2D eigenvalue weighted by Gasteiger charge is -2.13. The van der Waals surface area contributed by atoms with Crippen LogP contribution in [-0.4, -0.2) is 11.2 Å². The van der Waals surface area contributed by atoms with Gasteiger partial charge >= 0.3 is 0 Å². The van der Waals surface area contributed by atoms with E-state index in [2.05, 4.69) is 0 Å². The van der Waals surface area contributed by atoms with E-state index in [1.165, 1.54) is 12.8 Å².